The standard InChI is InChI=1S/C20H15FN4O4/c21-16-6-4-15(5-7-16)19-23-25(20(27)29-19)12-18(26)28-13-14-2-8-17(9-3-14)24-11-1-10-22-24/h1-11H,12-13H2. The SMILES string of the molecule is O=C(Cn1nc(-c2ccc(F)cc2)oc1=O)OCc1ccc(-n2cccn2)cc1. The van der Waals surface area contributed by atoms with Crippen LogP contribution >= 0.6 is 0 Å². The summed E-state index contributed by atoms with van der Waals surface area (Å²) >= 11 is 0. The number of halogens is 1. The Morgan fingerprint density at radius 2 is 1.86 bits per heavy atom. The van der Waals surface area contributed by atoms with Crippen molar-refractivity contribution in [3.8, 4) is 17.1 Å². The molecule has 0 saturated carbocycles. The van der Waals surface area contributed by atoms with E-state index in [1.165, 1.54) is 24.3 Å². The minimum absolute atomic E-state index is 0.00277. The Labute approximate surface area is 163 Å². The summed E-state index contributed by atoms with van der Waals surface area (Å²) in [6, 6.07) is 14.5. The van der Waals surface area contributed by atoms with Crippen molar-refractivity contribution in [3.05, 3.63) is 88.9 Å². The van der Waals surface area contributed by atoms with Crippen molar-refractivity contribution >= 4 is 5.97 Å². The van der Waals surface area contributed by atoms with Gasteiger partial charge >= 0.3 is 11.7 Å². The number of rotatable bonds is 6. The quantitative estimate of drug-likeness (QED) is 0.467. The second kappa shape index (κ2) is 7.93. The number of benzene rings is 2. The van der Waals surface area contributed by atoms with Gasteiger partial charge in [-0.1, -0.05) is 12.1 Å². The first-order valence-corrected chi connectivity index (χ1v) is 8.67. The van der Waals surface area contributed by atoms with E-state index in [0.717, 1.165) is 15.9 Å². The lowest BCUT2D eigenvalue weighted by Crippen LogP contribution is -2.22. The molecule has 4 aromatic rings. The lowest BCUT2D eigenvalue weighted by molar-refractivity contribution is -0.146. The molecule has 2 aromatic carbocycles. The molecule has 0 aliphatic carbocycles. The van der Waals surface area contributed by atoms with Gasteiger partial charge in [-0.05, 0) is 48.0 Å². The fraction of sp³-hybridized carbons (Fsp3) is 0.100. The molecule has 8 nitrogen and oxygen atoms in total. The molecule has 0 unspecified atom stereocenters. The number of esters is 1. The largest absolute Gasteiger partial charge is 0.459 e. The van der Waals surface area contributed by atoms with Gasteiger partial charge in [0.15, 0.2) is 0 Å². The first kappa shape index (κ1) is 18.4. The van der Waals surface area contributed by atoms with Gasteiger partial charge in [0.1, 0.15) is 19.0 Å². The van der Waals surface area contributed by atoms with E-state index in [0.29, 0.717) is 5.56 Å². The second-order valence-corrected chi connectivity index (χ2v) is 6.12. The highest BCUT2D eigenvalue weighted by atomic mass is 19.1. The maximum atomic E-state index is 13.0. The molecule has 0 saturated heterocycles. The fourth-order valence-corrected chi connectivity index (χ4v) is 2.61. The monoisotopic (exact) mass is 394 g/mol. The van der Waals surface area contributed by atoms with Crippen molar-refractivity contribution in [2.45, 2.75) is 13.2 Å². The third-order valence-corrected chi connectivity index (χ3v) is 4.08. The average molecular weight is 394 g/mol. The van der Waals surface area contributed by atoms with Crippen LogP contribution in [0.4, 0.5) is 4.39 Å². The third-order valence-electron chi connectivity index (χ3n) is 4.08. The highest BCUT2D eigenvalue weighted by molar-refractivity contribution is 5.69. The summed E-state index contributed by atoms with van der Waals surface area (Å²) in [6.07, 6.45) is 3.51. The molecule has 0 N–H and O–H groups in total. The van der Waals surface area contributed by atoms with Crippen LogP contribution in [0.3, 0.4) is 0 Å². The van der Waals surface area contributed by atoms with Crippen LogP contribution in [-0.2, 0) is 22.7 Å². The predicted octanol–water partition coefficient (Wildman–Crippen LogP) is 2.57. The van der Waals surface area contributed by atoms with E-state index >= 15 is 0 Å². The van der Waals surface area contributed by atoms with Crippen molar-refractivity contribution in [2.24, 2.45) is 0 Å². The summed E-state index contributed by atoms with van der Waals surface area (Å²) < 4.78 is 25.8. The van der Waals surface area contributed by atoms with Crippen molar-refractivity contribution in [2.75, 3.05) is 0 Å². The van der Waals surface area contributed by atoms with Crippen LogP contribution in [0, 0.1) is 5.82 Å². The average Bonchev–Trinajstić information content (AvgIpc) is 3.38. The van der Waals surface area contributed by atoms with E-state index in [1.54, 1.807) is 10.9 Å². The molecular formula is C20H15FN4O4. The number of nitrogens with zero attached hydrogens (tertiary/aromatic N) is 4. The molecule has 29 heavy (non-hydrogen) atoms. The zero-order chi connectivity index (χ0) is 20.2. The van der Waals surface area contributed by atoms with Crippen LogP contribution < -0.4 is 5.76 Å². The number of hydrogen-bond donors (Lipinski definition) is 0. The molecular weight excluding hydrogens is 379 g/mol. The maximum Gasteiger partial charge on any atom is 0.437 e. The summed E-state index contributed by atoms with van der Waals surface area (Å²) in [5.41, 5.74) is 2.09. The zero-order valence-corrected chi connectivity index (χ0v) is 15.1. The van der Waals surface area contributed by atoms with Gasteiger partial charge in [0.25, 0.3) is 0 Å². The van der Waals surface area contributed by atoms with Gasteiger partial charge in [-0.2, -0.15) is 9.78 Å². The summed E-state index contributed by atoms with van der Waals surface area (Å²) in [5.74, 6) is -1.86. The molecule has 9 heteroatoms. The zero-order valence-electron chi connectivity index (χ0n) is 15.1. The number of carbonyl (C=O) groups is 1. The Morgan fingerprint density at radius 1 is 1.10 bits per heavy atom. The summed E-state index contributed by atoms with van der Waals surface area (Å²) in [7, 11) is 0. The van der Waals surface area contributed by atoms with Gasteiger partial charge in [-0.15, -0.1) is 5.10 Å². The molecule has 0 bridgehead atoms. The van der Waals surface area contributed by atoms with Crippen LogP contribution in [0.25, 0.3) is 17.1 Å². The van der Waals surface area contributed by atoms with Gasteiger partial charge < -0.3 is 9.15 Å². The Hall–Kier alpha value is -4.01. The Kier molecular flexibility index (Phi) is 5.02. The van der Waals surface area contributed by atoms with E-state index < -0.39 is 24.1 Å². The lowest BCUT2D eigenvalue weighted by Gasteiger charge is -2.06. The van der Waals surface area contributed by atoms with E-state index in [2.05, 4.69) is 10.2 Å². The van der Waals surface area contributed by atoms with Crippen LogP contribution in [0.5, 0.6) is 0 Å². The van der Waals surface area contributed by atoms with Crippen molar-refractivity contribution < 1.29 is 18.3 Å². The van der Waals surface area contributed by atoms with Crippen LogP contribution in [0.2, 0.25) is 0 Å². The van der Waals surface area contributed by atoms with Crippen molar-refractivity contribution in [1.29, 1.82) is 0 Å². The summed E-state index contributed by atoms with van der Waals surface area (Å²) in [5, 5.41) is 8.09. The summed E-state index contributed by atoms with van der Waals surface area (Å²) in [6.45, 7) is -0.343. The van der Waals surface area contributed by atoms with Gasteiger partial charge in [-0.25, -0.2) is 13.9 Å². The highest BCUT2D eigenvalue weighted by Crippen LogP contribution is 2.15. The van der Waals surface area contributed by atoms with Gasteiger partial charge in [-0.3, -0.25) is 4.79 Å². The van der Waals surface area contributed by atoms with E-state index in [9.17, 15) is 14.0 Å². The number of hydrogen-bond acceptors (Lipinski definition) is 6. The summed E-state index contributed by atoms with van der Waals surface area (Å²) in [4.78, 5) is 23.9. The normalized spacial score (nSPS) is 10.8. The Balaban J connectivity index is 1.36. The first-order chi connectivity index (χ1) is 14.1. The minimum atomic E-state index is -0.801. The lowest BCUT2D eigenvalue weighted by atomic mass is 10.2. The number of ether oxygens (including phenoxy) is 1. The third kappa shape index (κ3) is 4.29. The molecule has 2 heterocycles. The topological polar surface area (TPSA) is 92.1 Å². The van der Waals surface area contributed by atoms with Gasteiger partial charge in [0.05, 0.1) is 5.69 Å². The van der Waals surface area contributed by atoms with E-state index in [4.69, 9.17) is 9.15 Å². The second-order valence-electron chi connectivity index (χ2n) is 6.12. The maximum absolute atomic E-state index is 13.0. The molecule has 0 radical (unpaired) electrons. The van der Waals surface area contributed by atoms with E-state index in [1.807, 2.05) is 36.5 Å². The minimum Gasteiger partial charge on any atom is -0.459 e. The van der Waals surface area contributed by atoms with Crippen LogP contribution in [0.1, 0.15) is 5.56 Å². The van der Waals surface area contributed by atoms with Gasteiger partial charge in [0, 0.05) is 18.0 Å². The molecule has 0 aliphatic rings. The van der Waals surface area contributed by atoms with Crippen LogP contribution in [0.15, 0.2) is 76.2 Å². The molecule has 4 rings (SSSR count). The molecule has 0 aliphatic heterocycles. The highest BCUT2D eigenvalue weighted by Gasteiger charge is 2.14. The van der Waals surface area contributed by atoms with Gasteiger partial charge in [0.2, 0.25) is 5.89 Å². The molecule has 0 atom stereocenters. The molecule has 0 spiro atoms. The van der Waals surface area contributed by atoms with E-state index in [-0.39, 0.29) is 12.5 Å². The van der Waals surface area contributed by atoms with Crippen LogP contribution in [-0.4, -0.2) is 25.5 Å². The molecule has 0 amide bonds. The fourth-order valence-electron chi connectivity index (χ4n) is 2.61. The smallest absolute Gasteiger partial charge is 0.437 e. The van der Waals surface area contributed by atoms with Crippen molar-refractivity contribution in [3.63, 3.8) is 0 Å². The molecule has 146 valence electrons. The number of aromatic nitrogens is 4. The number of carbonyl (C=O) groups excluding carboxylic acids is 1. The van der Waals surface area contributed by atoms with Crippen molar-refractivity contribution in [1.82, 2.24) is 19.6 Å². The first-order valence-electron chi connectivity index (χ1n) is 8.67. The molecule has 2 aromatic heterocycles. The Morgan fingerprint density at radius 3 is 2.55 bits per heavy atom. The molecule has 0 fully saturated rings. The predicted molar refractivity (Wildman–Crippen MR) is 99.5 cm³/mol. The Bertz CT molecular complexity index is 1160.